The molecule has 1 aromatic heterocycles. The van der Waals surface area contributed by atoms with Crippen LogP contribution >= 0.6 is 11.8 Å². The van der Waals surface area contributed by atoms with Gasteiger partial charge in [-0.15, -0.1) is 10.2 Å². The number of ketones is 1. The molecule has 1 N–H and O–H groups in total. The largest absolute Gasteiger partial charge is 0.411 e. The number of Topliss-reactive ketones (excluding diaryl/α,β-unsaturated/α-hetero) is 1. The first-order valence-corrected chi connectivity index (χ1v) is 10.4. The molecule has 1 heterocycles. The maximum atomic E-state index is 12.4. The van der Waals surface area contributed by atoms with Gasteiger partial charge in [-0.25, -0.2) is 0 Å². The number of nitrogens with zero attached hydrogens (tertiary/aromatic N) is 2. The van der Waals surface area contributed by atoms with Crippen molar-refractivity contribution in [2.75, 3.05) is 11.1 Å². The van der Waals surface area contributed by atoms with Crippen LogP contribution in [0.25, 0.3) is 11.5 Å². The van der Waals surface area contributed by atoms with Crippen LogP contribution in [-0.2, 0) is 4.79 Å². The number of amides is 1. The smallest absolute Gasteiger partial charge is 0.277 e. The summed E-state index contributed by atoms with van der Waals surface area (Å²) in [5.41, 5.74) is 4.46. The van der Waals surface area contributed by atoms with E-state index in [0.717, 1.165) is 17.5 Å². The highest BCUT2D eigenvalue weighted by atomic mass is 32.2. The Bertz CT molecular complexity index is 1010. The van der Waals surface area contributed by atoms with Crippen LogP contribution < -0.4 is 5.32 Å². The van der Waals surface area contributed by atoms with Crippen molar-refractivity contribution in [2.24, 2.45) is 0 Å². The number of thioether (sulfide) groups is 1. The lowest BCUT2D eigenvalue weighted by Gasteiger charge is -2.05. The molecular weight excluding hydrogens is 386 g/mol. The normalized spacial score (nSPS) is 10.7. The number of rotatable bonds is 8. The predicted octanol–water partition coefficient (Wildman–Crippen LogP) is 5.07. The third-order valence-electron chi connectivity index (χ3n) is 4.45. The highest BCUT2D eigenvalue weighted by Gasteiger charge is 2.13. The fraction of sp³-hybridized carbons (Fsp3) is 0.273. The molecule has 7 heteroatoms. The lowest BCUT2D eigenvalue weighted by Crippen LogP contribution is -2.10. The zero-order valence-corrected chi connectivity index (χ0v) is 17.5. The topological polar surface area (TPSA) is 85.1 Å². The molecule has 0 fully saturated rings. The van der Waals surface area contributed by atoms with Crippen LogP contribution in [0.2, 0.25) is 0 Å². The molecular formula is C22H23N3O3S. The van der Waals surface area contributed by atoms with E-state index in [2.05, 4.69) is 15.5 Å². The standard InChI is InChI=1S/C22H23N3O3S/c1-4-5-20(27)23-18-10-8-16(9-11-18)19(26)13-29-22-25-24-21(28-22)17-7-6-14(2)15(3)12-17/h6-12H,4-5,13H2,1-3H3,(H,23,27). The van der Waals surface area contributed by atoms with Crippen LogP contribution in [0.1, 0.15) is 41.3 Å². The van der Waals surface area contributed by atoms with Crippen LogP contribution in [0.5, 0.6) is 0 Å². The molecule has 29 heavy (non-hydrogen) atoms. The fourth-order valence-electron chi connectivity index (χ4n) is 2.66. The van der Waals surface area contributed by atoms with E-state index in [1.54, 1.807) is 24.3 Å². The molecule has 0 aliphatic rings. The molecule has 0 saturated carbocycles. The minimum absolute atomic E-state index is 0.0295. The average molecular weight is 410 g/mol. The zero-order valence-electron chi connectivity index (χ0n) is 16.7. The number of anilines is 1. The van der Waals surface area contributed by atoms with Gasteiger partial charge < -0.3 is 9.73 Å². The van der Waals surface area contributed by atoms with Gasteiger partial charge in [-0.05, 0) is 67.8 Å². The number of nitrogens with one attached hydrogen (secondary N) is 1. The van der Waals surface area contributed by atoms with Crippen molar-refractivity contribution in [3.05, 3.63) is 59.2 Å². The third-order valence-corrected chi connectivity index (χ3v) is 5.27. The Labute approximate surface area is 174 Å². The van der Waals surface area contributed by atoms with Gasteiger partial charge in [0.1, 0.15) is 0 Å². The Morgan fingerprint density at radius 2 is 1.79 bits per heavy atom. The molecule has 0 radical (unpaired) electrons. The predicted molar refractivity (Wildman–Crippen MR) is 114 cm³/mol. The molecule has 0 aliphatic carbocycles. The molecule has 3 aromatic rings. The summed E-state index contributed by atoms with van der Waals surface area (Å²) in [5.74, 6) is 0.552. The second-order valence-electron chi connectivity index (χ2n) is 6.76. The van der Waals surface area contributed by atoms with E-state index in [4.69, 9.17) is 4.42 Å². The number of hydrogen-bond acceptors (Lipinski definition) is 6. The van der Waals surface area contributed by atoms with Crippen molar-refractivity contribution in [1.29, 1.82) is 0 Å². The first kappa shape index (κ1) is 20.8. The molecule has 0 atom stereocenters. The molecule has 150 valence electrons. The van der Waals surface area contributed by atoms with E-state index in [1.165, 1.54) is 17.3 Å². The maximum Gasteiger partial charge on any atom is 0.277 e. The zero-order chi connectivity index (χ0) is 20.8. The Kier molecular flexibility index (Phi) is 6.82. The molecule has 0 unspecified atom stereocenters. The number of benzene rings is 2. The Morgan fingerprint density at radius 1 is 1.03 bits per heavy atom. The molecule has 0 aliphatic heterocycles. The highest BCUT2D eigenvalue weighted by molar-refractivity contribution is 7.99. The summed E-state index contributed by atoms with van der Waals surface area (Å²) in [6, 6.07) is 12.8. The lowest BCUT2D eigenvalue weighted by atomic mass is 10.1. The number of aryl methyl sites for hydroxylation is 2. The van der Waals surface area contributed by atoms with Crippen LogP contribution in [0.4, 0.5) is 5.69 Å². The summed E-state index contributed by atoms with van der Waals surface area (Å²) in [4.78, 5) is 24.0. The van der Waals surface area contributed by atoms with E-state index < -0.39 is 0 Å². The van der Waals surface area contributed by atoms with Gasteiger partial charge in [-0.3, -0.25) is 9.59 Å². The van der Waals surface area contributed by atoms with E-state index in [-0.39, 0.29) is 17.4 Å². The molecule has 0 bridgehead atoms. The Morgan fingerprint density at radius 3 is 2.48 bits per heavy atom. The van der Waals surface area contributed by atoms with Crippen molar-refractivity contribution in [2.45, 2.75) is 38.8 Å². The van der Waals surface area contributed by atoms with Crippen molar-refractivity contribution in [3.63, 3.8) is 0 Å². The van der Waals surface area contributed by atoms with E-state index >= 15 is 0 Å². The van der Waals surface area contributed by atoms with Crippen molar-refractivity contribution in [1.82, 2.24) is 10.2 Å². The quantitative estimate of drug-likeness (QED) is 0.413. The van der Waals surface area contributed by atoms with E-state index in [9.17, 15) is 9.59 Å². The summed E-state index contributed by atoms with van der Waals surface area (Å²) in [7, 11) is 0. The number of carbonyl (C=O) groups excluding carboxylic acids is 2. The van der Waals surface area contributed by atoms with Gasteiger partial charge in [0.05, 0.1) is 5.75 Å². The number of aromatic nitrogens is 2. The van der Waals surface area contributed by atoms with Crippen molar-refractivity contribution >= 4 is 29.1 Å². The van der Waals surface area contributed by atoms with Gasteiger partial charge in [0, 0.05) is 23.2 Å². The lowest BCUT2D eigenvalue weighted by molar-refractivity contribution is -0.116. The summed E-state index contributed by atoms with van der Waals surface area (Å²) in [6.45, 7) is 6.03. The minimum Gasteiger partial charge on any atom is -0.411 e. The van der Waals surface area contributed by atoms with Crippen LogP contribution in [0.15, 0.2) is 52.1 Å². The van der Waals surface area contributed by atoms with Crippen LogP contribution in [-0.4, -0.2) is 27.6 Å². The van der Waals surface area contributed by atoms with E-state index in [0.29, 0.717) is 28.8 Å². The first-order chi connectivity index (χ1) is 14.0. The molecule has 3 rings (SSSR count). The Hall–Kier alpha value is -2.93. The first-order valence-electron chi connectivity index (χ1n) is 9.43. The average Bonchev–Trinajstić information content (AvgIpc) is 3.18. The third kappa shape index (κ3) is 5.54. The molecule has 0 saturated heterocycles. The molecule has 2 aromatic carbocycles. The van der Waals surface area contributed by atoms with Gasteiger partial charge in [-0.1, -0.05) is 24.8 Å². The molecule has 1 amide bonds. The second kappa shape index (κ2) is 9.52. The van der Waals surface area contributed by atoms with Crippen LogP contribution in [0, 0.1) is 13.8 Å². The van der Waals surface area contributed by atoms with Gasteiger partial charge >= 0.3 is 0 Å². The van der Waals surface area contributed by atoms with Crippen molar-refractivity contribution < 1.29 is 14.0 Å². The summed E-state index contributed by atoms with van der Waals surface area (Å²) in [5, 5.41) is 11.3. The van der Waals surface area contributed by atoms with Gasteiger partial charge in [0.2, 0.25) is 11.8 Å². The minimum atomic E-state index is -0.0487. The highest BCUT2D eigenvalue weighted by Crippen LogP contribution is 2.25. The number of hydrogen-bond donors (Lipinski definition) is 1. The van der Waals surface area contributed by atoms with Crippen LogP contribution in [0.3, 0.4) is 0 Å². The van der Waals surface area contributed by atoms with E-state index in [1.807, 2.05) is 39.0 Å². The molecule has 0 spiro atoms. The maximum absolute atomic E-state index is 12.4. The van der Waals surface area contributed by atoms with Gasteiger partial charge in [0.25, 0.3) is 5.22 Å². The SMILES string of the molecule is CCCC(=O)Nc1ccc(C(=O)CSc2nnc(-c3ccc(C)c(C)c3)o2)cc1. The number of carbonyl (C=O) groups is 2. The second-order valence-corrected chi connectivity index (χ2v) is 7.69. The van der Waals surface area contributed by atoms with Gasteiger partial charge in [0.15, 0.2) is 5.78 Å². The monoisotopic (exact) mass is 409 g/mol. The van der Waals surface area contributed by atoms with Gasteiger partial charge in [-0.2, -0.15) is 0 Å². The molecule has 6 nitrogen and oxygen atoms in total. The fourth-order valence-corrected chi connectivity index (χ4v) is 3.32. The Balaban J connectivity index is 1.57. The summed E-state index contributed by atoms with van der Waals surface area (Å²) >= 11 is 1.21. The van der Waals surface area contributed by atoms with Crippen molar-refractivity contribution in [3.8, 4) is 11.5 Å². The summed E-state index contributed by atoms with van der Waals surface area (Å²) in [6.07, 6.45) is 1.27. The summed E-state index contributed by atoms with van der Waals surface area (Å²) < 4.78 is 5.68.